The number of rotatable bonds is 6. The summed E-state index contributed by atoms with van der Waals surface area (Å²) in [4.78, 5) is 41.1. The van der Waals surface area contributed by atoms with Crippen molar-refractivity contribution in [2.45, 2.75) is 26.4 Å². The molecule has 1 fully saturated rings. The molecule has 7 heteroatoms. The number of hydrogen-bond acceptors (Lipinski definition) is 5. The van der Waals surface area contributed by atoms with Crippen molar-refractivity contribution in [1.82, 2.24) is 4.90 Å². The van der Waals surface area contributed by atoms with Gasteiger partial charge in [0.05, 0.1) is 17.2 Å². The van der Waals surface area contributed by atoms with E-state index in [2.05, 4.69) is 0 Å². The highest BCUT2D eigenvalue weighted by Crippen LogP contribution is 2.40. The fraction of sp³-hybridized carbons (Fsp3) is 0.207. The van der Waals surface area contributed by atoms with Crippen LogP contribution >= 0.6 is 0 Å². The van der Waals surface area contributed by atoms with E-state index in [1.54, 1.807) is 24.3 Å². The van der Waals surface area contributed by atoms with E-state index >= 15 is 0 Å². The number of carboxylic acids is 1. The molecule has 0 aliphatic carbocycles. The Morgan fingerprint density at radius 1 is 0.861 bits per heavy atom. The molecule has 0 bridgehead atoms. The second-order valence-electron chi connectivity index (χ2n) is 9.21. The van der Waals surface area contributed by atoms with Crippen molar-refractivity contribution in [2.75, 3.05) is 19.0 Å². The fourth-order valence-corrected chi connectivity index (χ4v) is 4.34. The first-order valence-corrected chi connectivity index (χ1v) is 11.5. The predicted molar refractivity (Wildman–Crippen MR) is 138 cm³/mol. The molecule has 1 saturated heterocycles. The summed E-state index contributed by atoms with van der Waals surface area (Å²) in [6.07, 6.45) is 0. The lowest BCUT2D eigenvalue weighted by atomic mass is 9.94. The van der Waals surface area contributed by atoms with Gasteiger partial charge in [-0.05, 0) is 66.4 Å². The highest BCUT2D eigenvalue weighted by atomic mass is 16.4. The summed E-state index contributed by atoms with van der Waals surface area (Å²) in [7, 11) is 3.84. The van der Waals surface area contributed by atoms with Gasteiger partial charge in [-0.15, -0.1) is 0 Å². The molecule has 1 aliphatic heterocycles. The van der Waals surface area contributed by atoms with Crippen LogP contribution in [0.4, 0.5) is 5.69 Å². The summed E-state index contributed by atoms with van der Waals surface area (Å²) < 4.78 is 0. The Hall–Kier alpha value is -4.39. The van der Waals surface area contributed by atoms with Crippen molar-refractivity contribution >= 4 is 29.1 Å². The zero-order valence-corrected chi connectivity index (χ0v) is 20.6. The summed E-state index contributed by atoms with van der Waals surface area (Å²) in [5.74, 6) is -2.74. The molecular formula is C29H28N2O5. The number of ketones is 1. The van der Waals surface area contributed by atoms with Gasteiger partial charge >= 0.3 is 5.97 Å². The van der Waals surface area contributed by atoms with E-state index in [9.17, 15) is 24.6 Å². The molecule has 2 N–H and O–H groups in total. The van der Waals surface area contributed by atoms with Crippen molar-refractivity contribution in [2.24, 2.45) is 0 Å². The standard InChI is InChI=1S/C29H28N2O5/c1-17-5-8-22(15-18(17)2)26(32)24-25(20-11-13-23(14-12-20)30(3)4)31(28(34)27(24)33)16-19-6-9-21(10-7-19)29(35)36/h5-15,25,32H,16H2,1-4H3,(H,35,36)/b26-24-. The highest BCUT2D eigenvalue weighted by molar-refractivity contribution is 6.46. The molecule has 4 rings (SSSR count). The number of carboxylic acid groups (broad SMARTS) is 1. The number of Topliss-reactive ketones (excluding diaryl/α,β-unsaturated/α-hetero) is 1. The molecular weight excluding hydrogens is 456 g/mol. The molecule has 1 aliphatic rings. The summed E-state index contributed by atoms with van der Waals surface area (Å²) >= 11 is 0. The second kappa shape index (κ2) is 9.70. The maximum atomic E-state index is 13.3. The van der Waals surface area contributed by atoms with E-state index in [1.165, 1.54) is 17.0 Å². The molecule has 1 atom stereocenters. The third-order valence-corrected chi connectivity index (χ3v) is 6.60. The van der Waals surface area contributed by atoms with E-state index in [0.29, 0.717) is 16.7 Å². The zero-order chi connectivity index (χ0) is 26.1. The molecule has 0 spiro atoms. The van der Waals surface area contributed by atoms with Crippen LogP contribution in [0.15, 0.2) is 72.3 Å². The van der Waals surface area contributed by atoms with E-state index in [4.69, 9.17) is 0 Å². The lowest BCUT2D eigenvalue weighted by Gasteiger charge is -2.26. The smallest absolute Gasteiger partial charge is 0.335 e. The highest BCUT2D eigenvalue weighted by Gasteiger charge is 2.46. The molecule has 7 nitrogen and oxygen atoms in total. The van der Waals surface area contributed by atoms with Crippen LogP contribution in [-0.2, 0) is 16.1 Å². The van der Waals surface area contributed by atoms with E-state index in [-0.39, 0.29) is 23.4 Å². The minimum Gasteiger partial charge on any atom is -0.507 e. The number of nitrogens with zero attached hydrogens (tertiary/aromatic N) is 2. The number of aromatic carboxylic acids is 1. The van der Waals surface area contributed by atoms with Gasteiger partial charge in [0, 0.05) is 31.9 Å². The summed E-state index contributed by atoms with van der Waals surface area (Å²) in [5.41, 5.74) is 4.95. The summed E-state index contributed by atoms with van der Waals surface area (Å²) in [5, 5.41) is 20.5. The Morgan fingerprint density at radius 3 is 2.03 bits per heavy atom. The van der Waals surface area contributed by atoms with Crippen molar-refractivity contribution in [3.8, 4) is 0 Å². The summed E-state index contributed by atoms with van der Waals surface area (Å²) in [6, 6.07) is 18.3. The number of likely N-dealkylation sites (tertiary alicyclic amines) is 1. The quantitative estimate of drug-likeness (QED) is 0.299. The van der Waals surface area contributed by atoms with E-state index in [0.717, 1.165) is 16.8 Å². The van der Waals surface area contributed by atoms with Crippen molar-refractivity contribution in [3.63, 3.8) is 0 Å². The first kappa shape index (κ1) is 24.7. The van der Waals surface area contributed by atoms with Crippen molar-refractivity contribution < 1.29 is 24.6 Å². The molecule has 0 radical (unpaired) electrons. The molecule has 0 saturated carbocycles. The monoisotopic (exact) mass is 484 g/mol. The van der Waals surface area contributed by atoms with Crippen LogP contribution in [-0.4, -0.2) is 46.9 Å². The Labute approximate surface area is 209 Å². The van der Waals surface area contributed by atoms with Crippen LogP contribution in [0.1, 0.15) is 44.2 Å². The van der Waals surface area contributed by atoms with Gasteiger partial charge in [0.2, 0.25) is 0 Å². The zero-order valence-electron chi connectivity index (χ0n) is 20.6. The number of carbonyl (C=O) groups excluding carboxylic acids is 2. The number of carbonyl (C=O) groups is 3. The number of aryl methyl sites for hydroxylation is 2. The number of benzene rings is 3. The average molecular weight is 485 g/mol. The van der Waals surface area contributed by atoms with Gasteiger partial charge < -0.3 is 20.0 Å². The molecule has 36 heavy (non-hydrogen) atoms. The van der Waals surface area contributed by atoms with Gasteiger partial charge in [-0.25, -0.2) is 4.79 Å². The lowest BCUT2D eigenvalue weighted by Crippen LogP contribution is -2.29. The van der Waals surface area contributed by atoms with E-state index < -0.39 is 23.7 Å². The summed E-state index contributed by atoms with van der Waals surface area (Å²) in [6.45, 7) is 3.96. The number of amides is 1. The van der Waals surface area contributed by atoms with Gasteiger partial charge in [0.15, 0.2) is 0 Å². The largest absolute Gasteiger partial charge is 0.507 e. The van der Waals surface area contributed by atoms with Gasteiger partial charge in [-0.1, -0.05) is 36.4 Å². The average Bonchev–Trinajstić information content (AvgIpc) is 3.10. The van der Waals surface area contributed by atoms with Gasteiger partial charge in [-0.3, -0.25) is 9.59 Å². The topological polar surface area (TPSA) is 98.2 Å². The Bertz CT molecular complexity index is 1370. The predicted octanol–water partition coefficient (Wildman–Crippen LogP) is 4.69. The molecule has 0 aromatic heterocycles. The third kappa shape index (κ3) is 4.60. The van der Waals surface area contributed by atoms with E-state index in [1.807, 2.05) is 63.2 Å². The molecule has 3 aromatic rings. The second-order valence-corrected chi connectivity index (χ2v) is 9.21. The third-order valence-electron chi connectivity index (χ3n) is 6.60. The van der Waals surface area contributed by atoms with Crippen LogP contribution in [0.5, 0.6) is 0 Å². The Morgan fingerprint density at radius 2 is 1.47 bits per heavy atom. The van der Waals surface area contributed by atoms with Crippen LogP contribution in [0.2, 0.25) is 0 Å². The van der Waals surface area contributed by atoms with Crippen LogP contribution < -0.4 is 4.90 Å². The maximum Gasteiger partial charge on any atom is 0.335 e. The lowest BCUT2D eigenvalue weighted by molar-refractivity contribution is -0.140. The molecule has 1 heterocycles. The van der Waals surface area contributed by atoms with Crippen LogP contribution in [0.25, 0.3) is 5.76 Å². The van der Waals surface area contributed by atoms with Gasteiger partial charge in [-0.2, -0.15) is 0 Å². The number of aliphatic hydroxyl groups is 1. The molecule has 1 amide bonds. The van der Waals surface area contributed by atoms with Crippen molar-refractivity contribution in [1.29, 1.82) is 0 Å². The first-order valence-electron chi connectivity index (χ1n) is 11.5. The van der Waals surface area contributed by atoms with Gasteiger partial charge in [0.1, 0.15) is 5.76 Å². The van der Waals surface area contributed by atoms with Gasteiger partial charge in [0.25, 0.3) is 11.7 Å². The maximum absolute atomic E-state index is 13.3. The molecule has 3 aromatic carbocycles. The Kier molecular flexibility index (Phi) is 6.66. The Balaban J connectivity index is 1.83. The van der Waals surface area contributed by atoms with Crippen LogP contribution in [0, 0.1) is 13.8 Å². The SMILES string of the molecule is Cc1ccc(/C(O)=C2/C(=O)C(=O)N(Cc3ccc(C(=O)O)cc3)C2c2ccc(N(C)C)cc2)cc1C. The first-order chi connectivity index (χ1) is 17.1. The van der Waals surface area contributed by atoms with Crippen LogP contribution in [0.3, 0.4) is 0 Å². The number of anilines is 1. The molecule has 1 unspecified atom stereocenters. The minimum atomic E-state index is -1.05. The molecule has 184 valence electrons. The normalized spacial score (nSPS) is 16.9. The van der Waals surface area contributed by atoms with Crippen molar-refractivity contribution in [3.05, 3.63) is 106 Å². The number of aliphatic hydroxyl groups excluding tert-OH is 1. The minimum absolute atomic E-state index is 0.0306. The fourth-order valence-electron chi connectivity index (χ4n) is 4.34. The number of hydrogen-bond donors (Lipinski definition) is 2.